The Labute approximate surface area is 101 Å². The molecular formula is C13H18N4. The van der Waals surface area contributed by atoms with Gasteiger partial charge in [-0.1, -0.05) is 12.1 Å². The molecule has 2 rings (SSSR count). The average Bonchev–Trinajstić information content (AvgIpc) is 2.60. The molecule has 0 atom stereocenters. The molecule has 0 saturated carbocycles. The van der Waals surface area contributed by atoms with Crippen LogP contribution >= 0.6 is 0 Å². The van der Waals surface area contributed by atoms with Crippen molar-refractivity contribution in [1.29, 1.82) is 0 Å². The van der Waals surface area contributed by atoms with Gasteiger partial charge in [-0.15, -0.1) is 0 Å². The first-order valence-electron chi connectivity index (χ1n) is 5.76. The predicted molar refractivity (Wildman–Crippen MR) is 71.0 cm³/mol. The minimum absolute atomic E-state index is 0.779. The molecule has 0 aliphatic rings. The Morgan fingerprint density at radius 1 is 1.29 bits per heavy atom. The van der Waals surface area contributed by atoms with Crippen molar-refractivity contribution in [2.45, 2.75) is 20.4 Å². The minimum Gasteiger partial charge on any atom is -0.397 e. The van der Waals surface area contributed by atoms with E-state index in [1.54, 1.807) is 0 Å². The van der Waals surface area contributed by atoms with Crippen molar-refractivity contribution in [1.82, 2.24) is 9.78 Å². The van der Waals surface area contributed by atoms with Crippen LogP contribution in [0.25, 0.3) is 0 Å². The first kappa shape index (κ1) is 11.5. The van der Waals surface area contributed by atoms with Crippen LogP contribution in [0.3, 0.4) is 0 Å². The number of para-hydroxylation sites is 2. The van der Waals surface area contributed by atoms with Gasteiger partial charge in [0.1, 0.15) is 0 Å². The second kappa shape index (κ2) is 4.91. The highest BCUT2D eigenvalue weighted by Crippen LogP contribution is 2.16. The number of aryl methyl sites for hydroxylation is 2. The summed E-state index contributed by atoms with van der Waals surface area (Å²) in [6, 6.07) is 9.86. The van der Waals surface area contributed by atoms with E-state index >= 15 is 0 Å². The Morgan fingerprint density at radius 3 is 2.71 bits per heavy atom. The molecule has 4 heteroatoms. The Kier molecular flexibility index (Phi) is 3.32. The van der Waals surface area contributed by atoms with Crippen molar-refractivity contribution in [3.05, 3.63) is 41.7 Å². The van der Waals surface area contributed by atoms with E-state index in [1.807, 2.05) is 35.9 Å². The van der Waals surface area contributed by atoms with E-state index in [2.05, 4.69) is 23.4 Å². The van der Waals surface area contributed by atoms with Crippen LogP contribution in [-0.4, -0.2) is 16.3 Å². The van der Waals surface area contributed by atoms with Crippen LogP contribution in [0.15, 0.2) is 30.3 Å². The van der Waals surface area contributed by atoms with E-state index in [1.165, 1.54) is 5.69 Å². The molecule has 0 aliphatic carbocycles. The lowest BCUT2D eigenvalue weighted by Gasteiger charge is -2.09. The molecule has 0 bridgehead atoms. The quantitative estimate of drug-likeness (QED) is 0.792. The SMILES string of the molecule is Cc1cc(C)n(CCNc2ccccc2N)n1. The maximum atomic E-state index is 5.85. The maximum absolute atomic E-state index is 5.85. The molecule has 90 valence electrons. The number of nitrogens with two attached hydrogens (primary N) is 1. The van der Waals surface area contributed by atoms with Gasteiger partial charge in [0.2, 0.25) is 0 Å². The monoisotopic (exact) mass is 230 g/mol. The van der Waals surface area contributed by atoms with Gasteiger partial charge >= 0.3 is 0 Å². The highest BCUT2D eigenvalue weighted by molar-refractivity contribution is 5.65. The maximum Gasteiger partial charge on any atom is 0.0596 e. The second-order valence-corrected chi connectivity index (χ2v) is 4.16. The second-order valence-electron chi connectivity index (χ2n) is 4.16. The largest absolute Gasteiger partial charge is 0.397 e. The molecule has 17 heavy (non-hydrogen) atoms. The van der Waals surface area contributed by atoms with Crippen LogP contribution in [0.2, 0.25) is 0 Å². The fraction of sp³-hybridized carbons (Fsp3) is 0.308. The molecular weight excluding hydrogens is 212 g/mol. The molecule has 0 fully saturated rings. The summed E-state index contributed by atoms with van der Waals surface area (Å²) in [5, 5.41) is 7.72. The molecule has 1 aromatic heterocycles. The molecule has 1 aromatic carbocycles. The number of rotatable bonds is 4. The van der Waals surface area contributed by atoms with Gasteiger partial charge in [-0.3, -0.25) is 4.68 Å². The summed E-state index contributed by atoms with van der Waals surface area (Å²) in [4.78, 5) is 0. The molecule has 0 radical (unpaired) electrons. The fourth-order valence-electron chi connectivity index (χ4n) is 1.86. The lowest BCUT2D eigenvalue weighted by atomic mass is 10.3. The smallest absolute Gasteiger partial charge is 0.0596 e. The summed E-state index contributed by atoms with van der Waals surface area (Å²) in [5.74, 6) is 0. The third-order valence-electron chi connectivity index (χ3n) is 2.70. The van der Waals surface area contributed by atoms with Crippen molar-refractivity contribution < 1.29 is 0 Å². The third-order valence-corrected chi connectivity index (χ3v) is 2.70. The van der Waals surface area contributed by atoms with Gasteiger partial charge in [-0.2, -0.15) is 5.10 Å². The molecule has 4 nitrogen and oxygen atoms in total. The van der Waals surface area contributed by atoms with Crippen LogP contribution < -0.4 is 11.1 Å². The fourth-order valence-corrected chi connectivity index (χ4v) is 1.86. The summed E-state index contributed by atoms with van der Waals surface area (Å²) in [6.45, 7) is 5.73. The lowest BCUT2D eigenvalue weighted by Crippen LogP contribution is -2.13. The molecule has 0 saturated heterocycles. The van der Waals surface area contributed by atoms with Gasteiger partial charge in [0.25, 0.3) is 0 Å². The Bertz CT molecular complexity index is 502. The van der Waals surface area contributed by atoms with Crippen molar-refractivity contribution >= 4 is 11.4 Å². The van der Waals surface area contributed by atoms with Gasteiger partial charge in [0, 0.05) is 12.2 Å². The number of nitrogens with one attached hydrogen (secondary N) is 1. The van der Waals surface area contributed by atoms with Crippen LogP contribution in [0.5, 0.6) is 0 Å². The lowest BCUT2D eigenvalue weighted by molar-refractivity contribution is 0.615. The predicted octanol–water partition coefficient (Wildman–Crippen LogP) is 2.19. The number of anilines is 2. The molecule has 0 aliphatic heterocycles. The molecule has 0 unspecified atom stereocenters. The molecule has 2 aromatic rings. The zero-order chi connectivity index (χ0) is 12.3. The van der Waals surface area contributed by atoms with Crippen LogP contribution in [-0.2, 0) is 6.54 Å². The number of benzene rings is 1. The zero-order valence-corrected chi connectivity index (χ0v) is 10.3. The summed E-state index contributed by atoms with van der Waals surface area (Å²) in [5.41, 5.74) is 9.85. The number of hydrogen-bond donors (Lipinski definition) is 2. The van der Waals surface area contributed by atoms with Crippen LogP contribution in [0.4, 0.5) is 11.4 Å². The first-order valence-corrected chi connectivity index (χ1v) is 5.76. The number of nitrogen functional groups attached to an aromatic ring is 1. The van der Waals surface area contributed by atoms with E-state index in [4.69, 9.17) is 5.73 Å². The summed E-state index contributed by atoms with van der Waals surface area (Å²) in [7, 11) is 0. The molecule has 0 amide bonds. The van der Waals surface area contributed by atoms with Gasteiger partial charge < -0.3 is 11.1 Å². The normalized spacial score (nSPS) is 10.5. The van der Waals surface area contributed by atoms with Crippen molar-refractivity contribution in [3.63, 3.8) is 0 Å². The van der Waals surface area contributed by atoms with Crippen molar-refractivity contribution in [2.24, 2.45) is 0 Å². The van der Waals surface area contributed by atoms with E-state index in [0.717, 1.165) is 30.2 Å². The van der Waals surface area contributed by atoms with Gasteiger partial charge in [0.05, 0.1) is 23.6 Å². The van der Waals surface area contributed by atoms with Gasteiger partial charge in [-0.25, -0.2) is 0 Å². The number of nitrogens with zero attached hydrogens (tertiary/aromatic N) is 2. The standard InChI is InChI=1S/C13H18N4/c1-10-9-11(2)17(16-10)8-7-15-13-6-4-3-5-12(13)14/h3-6,9,15H,7-8,14H2,1-2H3. The van der Waals surface area contributed by atoms with Gasteiger partial charge in [0.15, 0.2) is 0 Å². The molecule has 1 heterocycles. The number of hydrogen-bond acceptors (Lipinski definition) is 3. The topological polar surface area (TPSA) is 55.9 Å². The number of aromatic nitrogens is 2. The molecule has 3 N–H and O–H groups in total. The highest BCUT2D eigenvalue weighted by atomic mass is 15.3. The Hall–Kier alpha value is -1.97. The Balaban J connectivity index is 1.92. The molecule has 0 spiro atoms. The zero-order valence-electron chi connectivity index (χ0n) is 10.3. The van der Waals surface area contributed by atoms with E-state index in [0.29, 0.717) is 0 Å². The summed E-state index contributed by atoms with van der Waals surface area (Å²) < 4.78 is 2.00. The third kappa shape index (κ3) is 2.78. The van der Waals surface area contributed by atoms with Crippen LogP contribution in [0, 0.1) is 13.8 Å². The Morgan fingerprint density at radius 2 is 2.06 bits per heavy atom. The van der Waals surface area contributed by atoms with E-state index in [9.17, 15) is 0 Å². The summed E-state index contributed by atoms with van der Waals surface area (Å²) in [6.07, 6.45) is 0. The summed E-state index contributed by atoms with van der Waals surface area (Å²) >= 11 is 0. The van der Waals surface area contributed by atoms with E-state index in [-0.39, 0.29) is 0 Å². The first-order chi connectivity index (χ1) is 8.16. The van der Waals surface area contributed by atoms with Gasteiger partial charge in [-0.05, 0) is 32.0 Å². The minimum atomic E-state index is 0.779. The van der Waals surface area contributed by atoms with Crippen molar-refractivity contribution in [3.8, 4) is 0 Å². The highest BCUT2D eigenvalue weighted by Gasteiger charge is 2.01. The van der Waals surface area contributed by atoms with E-state index < -0.39 is 0 Å². The average molecular weight is 230 g/mol. The van der Waals surface area contributed by atoms with Crippen molar-refractivity contribution in [2.75, 3.05) is 17.6 Å². The van der Waals surface area contributed by atoms with Crippen LogP contribution in [0.1, 0.15) is 11.4 Å².